The van der Waals surface area contributed by atoms with Crippen molar-refractivity contribution in [1.82, 2.24) is 20.4 Å². The lowest BCUT2D eigenvalue weighted by atomic mass is 9.89. The summed E-state index contributed by atoms with van der Waals surface area (Å²) in [6.45, 7) is 3.25. The summed E-state index contributed by atoms with van der Waals surface area (Å²) in [6, 6.07) is 10.1. The molecular weight excluding hydrogens is 328 g/mol. The molecule has 2 heterocycles. The molecule has 2 aromatic rings. The number of nitrogens with zero attached hydrogens (tertiary/aromatic N) is 2. The molecule has 1 fully saturated rings. The fourth-order valence-corrected chi connectivity index (χ4v) is 3.40. The highest BCUT2D eigenvalue weighted by Gasteiger charge is 2.35. The van der Waals surface area contributed by atoms with Gasteiger partial charge in [-0.3, -0.25) is 14.3 Å². The van der Waals surface area contributed by atoms with Gasteiger partial charge in [-0.05, 0) is 24.8 Å². The van der Waals surface area contributed by atoms with Crippen molar-refractivity contribution in [3.8, 4) is 0 Å². The molecule has 3 rings (SSSR count). The summed E-state index contributed by atoms with van der Waals surface area (Å²) in [5, 5.41) is 10.3. The minimum absolute atomic E-state index is 0.00906. The molecule has 138 valence electrons. The number of amides is 2. The predicted octanol–water partition coefficient (Wildman–Crippen LogP) is 2.39. The Kier molecular flexibility index (Phi) is 5.71. The molecule has 0 saturated carbocycles. The first-order valence-electron chi connectivity index (χ1n) is 9.21. The fourth-order valence-electron chi connectivity index (χ4n) is 3.40. The molecule has 0 bridgehead atoms. The van der Waals surface area contributed by atoms with Crippen LogP contribution in [0.25, 0.3) is 0 Å². The third-order valence-electron chi connectivity index (χ3n) is 5.11. The highest BCUT2D eigenvalue weighted by molar-refractivity contribution is 5.80. The monoisotopic (exact) mass is 354 g/mol. The number of benzene rings is 1. The lowest BCUT2D eigenvalue weighted by Gasteiger charge is -2.27. The molecule has 0 radical (unpaired) electrons. The molecule has 26 heavy (non-hydrogen) atoms. The second kappa shape index (κ2) is 8.17. The number of carbonyl (C=O) groups is 2. The van der Waals surface area contributed by atoms with Gasteiger partial charge in [0.15, 0.2) is 0 Å². The maximum absolute atomic E-state index is 12.2. The van der Waals surface area contributed by atoms with E-state index in [0.717, 1.165) is 18.4 Å². The van der Waals surface area contributed by atoms with Crippen LogP contribution in [-0.2, 0) is 22.7 Å². The van der Waals surface area contributed by atoms with Crippen LogP contribution in [0.3, 0.4) is 0 Å². The summed E-state index contributed by atoms with van der Waals surface area (Å²) in [6.07, 6.45) is 7.10. The molecule has 1 atom stereocenters. The molecule has 6 heteroatoms. The van der Waals surface area contributed by atoms with Crippen LogP contribution >= 0.6 is 0 Å². The van der Waals surface area contributed by atoms with Crippen molar-refractivity contribution < 1.29 is 9.59 Å². The Hall–Kier alpha value is -2.63. The van der Waals surface area contributed by atoms with E-state index in [1.807, 2.05) is 29.1 Å². The van der Waals surface area contributed by atoms with Crippen LogP contribution in [-0.4, -0.2) is 27.1 Å². The number of aromatic nitrogens is 2. The predicted molar refractivity (Wildman–Crippen MR) is 99.3 cm³/mol. The lowest BCUT2D eigenvalue weighted by Crippen LogP contribution is -2.42. The Balaban J connectivity index is 1.44. The Morgan fingerprint density at radius 2 is 2.12 bits per heavy atom. The second-order valence-electron chi connectivity index (χ2n) is 6.99. The van der Waals surface area contributed by atoms with E-state index in [4.69, 9.17) is 0 Å². The molecule has 0 aliphatic carbocycles. The molecule has 2 amide bonds. The van der Waals surface area contributed by atoms with Gasteiger partial charge in [-0.25, -0.2) is 0 Å². The first-order valence-corrected chi connectivity index (χ1v) is 9.21. The van der Waals surface area contributed by atoms with Gasteiger partial charge in [0.05, 0.1) is 12.7 Å². The zero-order valence-electron chi connectivity index (χ0n) is 15.2. The molecule has 1 aromatic heterocycles. The van der Waals surface area contributed by atoms with E-state index in [-0.39, 0.29) is 17.4 Å². The molecule has 1 unspecified atom stereocenters. The van der Waals surface area contributed by atoms with Crippen LogP contribution in [0.1, 0.15) is 50.2 Å². The summed E-state index contributed by atoms with van der Waals surface area (Å²) in [5.74, 6) is 0.105. The number of nitrogens with one attached hydrogen (secondary N) is 2. The zero-order chi connectivity index (χ0) is 18.4. The van der Waals surface area contributed by atoms with Crippen LogP contribution in [0.4, 0.5) is 0 Å². The van der Waals surface area contributed by atoms with Gasteiger partial charge in [-0.1, -0.05) is 37.3 Å². The van der Waals surface area contributed by atoms with Crippen molar-refractivity contribution in [3.05, 3.63) is 53.9 Å². The van der Waals surface area contributed by atoms with E-state index >= 15 is 0 Å². The standard InChI is InChI=1S/C20H26N4O2/c1-2-20(11-9-19(26)23-20)10-8-18(25)21-12-17-13-22-24(15-17)14-16-6-4-3-5-7-16/h3-7,13,15H,2,8-12,14H2,1H3,(H,21,25)(H,23,26). The van der Waals surface area contributed by atoms with Gasteiger partial charge in [-0.15, -0.1) is 0 Å². The third kappa shape index (κ3) is 4.71. The summed E-state index contributed by atoms with van der Waals surface area (Å²) in [4.78, 5) is 23.6. The van der Waals surface area contributed by atoms with E-state index in [1.165, 1.54) is 5.56 Å². The Bertz CT molecular complexity index is 756. The molecule has 1 aliphatic rings. The van der Waals surface area contributed by atoms with Gasteiger partial charge in [0, 0.05) is 36.7 Å². The van der Waals surface area contributed by atoms with Crippen molar-refractivity contribution in [2.75, 3.05) is 0 Å². The smallest absolute Gasteiger partial charge is 0.220 e. The van der Waals surface area contributed by atoms with Gasteiger partial charge in [0.2, 0.25) is 11.8 Å². The SMILES string of the molecule is CCC1(CCC(=O)NCc2cnn(Cc3ccccc3)c2)CCC(=O)N1. The lowest BCUT2D eigenvalue weighted by molar-refractivity contribution is -0.122. The zero-order valence-corrected chi connectivity index (χ0v) is 15.2. The van der Waals surface area contributed by atoms with E-state index < -0.39 is 0 Å². The average Bonchev–Trinajstić information content (AvgIpc) is 3.26. The molecule has 1 aliphatic heterocycles. The quantitative estimate of drug-likeness (QED) is 0.764. The van der Waals surface area contributed by atoms with Gasteiger partial charge < -0.3 is 10.6 Å². The third-order valence-corrected chi connectivity index (χ3v) is 5.11. The molecular formula is C20H26N4O2. The maximum Gasteiger partial charge on any atom is 0.220 e. The Morgan fingerprint density at radius 1 is 1.31 bits per heavy atom. The van der Waals surface area contributed by atoms with Crippen molar-refractivity contribution in [1.29, 1.82) is 0 Å². The number of carbonyl (C=O) groups excluding carboxylic acids is 2. The van der Waals surface area contributed by atoms with Gasteiger partial charge in [0.1, 0.15) is 0 Å². The fraction of sp³-hybridized carbons (Fsp3) is 0.450. The summed E-state index contributed by atoms with van der Waals surface area (Å²) >= 11 is 0. The van der Waals surface area contributed by atoms with E-state index in [2.05, 4.69) is 34.8 Å². The van der Waals surface area contributed by atoms with E-state index in [1.54, 1.807) is 6.20 Å². The van der Waals surface area contributed by atoms with Crippen molar-refractivity contribution in [2.24, 2.45) is 0 Å². The average molecular weight is 354 g/mol. The topological polar surface area (TPSA) is 76.0 Å². The minimum atomic E-state index is -0.199. The van der Waals surface area contributed by atoms with E-state index in [9.17, 15) is 9.59 Å². The maximum atomic E-state index is 12.2. The Labute approximate surface area is 154 Å². The summed E-state index contributed by atoms with van der Waals surface area (Å²) < 4.78 is 1.87. The van der Waals surface area contributed by atoms with Gasteiger partial charge >= 0.3 is 0 Å². The number of rotatable bonds is 8. The molecule has 1 saturated heterocycles. The van der Waals surface area contributed by atoms with Gasteiger partial charge in [0.25, 0.3) is 0 Å². The van der Waals surface area contributed by atoms with Crippen LogP contribution in [0.5, 0.6) is 0 Å². The second-order valence-corrected chi connectivity index (χ2v) is 6.99. The first-order chi connectivity index (χ1) is 12.6. The summed E-state index contributed by atoms with van der Waals surface area (Å²) in [7, 11) is 0. The summed E-state index contributed by atoms with van der Waals surface area (Å²) in [5.41, 5.74) is 1.97. The molecule has 2 N–H and O–H groups in total. The normalized spacial score (nSPS) is 19.3. The largest absolute Gasteiger partial charge is 0.352 e. The van der Waals surface area contributed by atoms with Crippen LogP contribution in [0.2, 0.25) is 0 Å². The van der Waals surface area contributed by atoms with Crippen LogP contribution < -0.4 is 10.6 Å². The van der Waals surface area contributed by atoms with Crippen molar-refractivity contribution >= 4 is 11.8 Å². The number of hydrogen-bond acceptors (Lipinski definition) is 3. The molecule has 0 spiro atoms. The highest BCUT2D eigenvalue weighted by Crippen LogP contribution is 2.28. The van der Waals surface area contributed by atoms with Gasteiger partial charge in [-0.2, -0.15) is 5.10 Å². The van der Waals surface area contributed by atoms with E-state index in [0.29, 0.717) is 32.4 Å². The first kappa shape index (κ1) is 18.2. The highest BCUT2D eigenvalue weighted by atomic mass is 16.2. The minimum Gasteiger partial charge on any atom is -0.352 e. The molecule has 1 aromatic carbocycles. The van der Waals surface area contributed by atoms with Crippen LogP contribution in [0.15, 0.2) is 42.7 Å². The molecule has 6 nitrogen and oxygen atoms in total. The Morgan fingerprint density at radius 3 is 2.81 bits per heavy atom. The number of hydrogen-bond donors (Lipinski definition) is 2. The van der Waals surface area contributed by atoms with Crippen LogP contribution in [0, 0.1) is 0 Å². The van der Waals surface area contributed by atoms with Crippen molar-refractivity contribution in [2.45, 2.75) is 57.7 Å². The van der Waals surface area contributed by atoms with Crippen molar-refractivity contribution in [3.63, 3.8) is 0 Å².